The van der Waals surface area contributed by atoms with Gasteiger partial charge in [-0.15, -0.1) is 0 Å². The van der Waals surface area contributed by atoms with Gasteiger partial charge < -0.3 is 5.11 Å². The molecule has 0 bridgehead atoms. The lowest BCUT2D eigenvalue weighted by Gasteiger charge is -2.17. The molecular formula is C23H19Cl2FN2O2. The third kappa shape index (κ3) is 4.13. The van der Waals surface area contributed by atoms with Crippen molar-refractivity contribution in [3.8, 4) is 5.69 Å². The molecule has 0 saturated heterocycles. The van der Waals surface area contributed by atoms with Gasteiger partial charge in [0.05, 0.1) is 16.4 Å². The van der Waals surface area contributed by atoms with Crippen LogP contribution >= 0.6 is 23.2 Å². The fourth-order valence-electron chi connectivity index (χ4n) is 3.83. The van der Waals surface area contributed by atoms with Gasteiger partial charge in [0.15, 0.2) is 5.69 Å². The maximum atomic E-state index is 13.4. The Kier molecular flexibility index (Phi) is 5.93. The molecule has 1 aliphatic rings. The normalized spacial score (nSPS) is 15.5. The molecule has 1 heterocycles. The van der Waals surface area contributed by atoms with Crippen LogP contribution in [0.15, 0.2) is 42.5 Å². The molecule has 4 rings (SSSR count). The number of fused-ring (bicyclic) bond motifs is 1. The highest BCUT2D eigenvalue weighted by Crippen LogP contribution is 2.36. The molecule has 0 radical (unpaired) electrons. The highest BCUT2D eigenvalue weighted by Gasteiger charge is 2.27. The van der Waals surface area contributed by atoms with Crippen LogP contribution in [-0.2, 0) is 6.42 Å². The number of carbonyl (C=O) groups is 1. The number of halogens is 3. The Bertz CT molecular complexity index is 1140. The number of carboxylic acids is 1. The van der Waals surface area contributed by atoms with Crippen molar-refractivity contribution >= 4 is 40.8 Å². The first kappa shape index (κ1) is 20.6. The van der Waals surface area contributed by atoms with Crippen LogP contribution < -0.4 is 0 Å². The van der Waals surface area contributed by atoms with Gasteiger partial charge in [0, 0.05) is 10.6 Å². The second-order valence-electron chi connectivity index (χ2n) is 7.27. The van der Waals surface area contributed by atoms with E-state index in [2.05, 4.69) is 5.10 Å². The summed E-state index contributed by atoms with van der Waals surface area (Å²) in [5.74, 6) is -1.38. The second kappa shape index (κ2) is 8.62. The first-order valence-electron chi connectivity index (χ1n) is 9.71. The maximum Gasteiger partial charge on any atom is 0.356 e. The fraction of sp³-hybridized carbons (Fsp3) is 0.217. The monoisotopic (exact) mass is 444 g/mol. The van der Waals surface area contributed by atoms with Crippen molar-refractivity contribution in [3.05, 3.63) is 80.8 Å². The zero-order chi connectivity index (χ0) is 21.3. The van der Waals surface area contributed by atoms with E-state index in [1.165, 1.54) is 12.1 Å². The molecule has 0 amide bonds. The van der Waals surface area contributed by atoms with E-state index in [1.807, 2.05) is 6.08 Å². The number of aromatic carboxylic acids is 1. The third-order valence-corrected chi connectivity index (χ3v) is 5.75. The number of hydrogen-bond donors (Lipinski definition) is 1. The average molecular weight is 445 g/mol. The summed E-state index contributed by atoms with van der Waals surface area (Å²) in [7, 11) is 0. The Balaban J connectivity index is 1.97. The number of benzene rings is 2. The van der Waals surface area contributed by atoms with Crippen LogP contribution in [-0.4, -0.2) is 20.9 Å². The minimum absolute atomic E-state index is 0.0305. The van der Waals surface area contributed by atoms with E-state index in [0.29, 0.717) is 27.7 Å². The molecule has 0 fully saturated rings. The minimum Gasteiger partial charge on any atom is -0.476 e. The number of nitrogens with zero attached hydrogens (tertiary/aromatic N) is 2. The van der Waals surface area contributed by atoms with Gasteiger partial charge >= 0.3 is 5.97 Å². The highest BCUT2D eigenvalue weighted by molar-refractivity contribution is 6.35. The SMILES string of the molecule is O=C(O)c1nn(-c2ccc(Cl)cc2Cl)c2c1CCCCC/C2=C\c1ccc(F)cc1. The summed E-state index contributed by atoms with van der Waals surface area (Å²) in [6, 6.07) is 11.3. The molecular weight excluding hydrogens is 426 g/mol. The van der Waals surface area contributed by atoms with Crippen molar-refractivity contribution in [2.75, 3.05) is 0 Å². The van der Waals surface area contributed by atoms with E-state index in [0.717, 1.165) is 42.5 Å². The van der Waals surface area contributed by atoms with Crippen LogP contribution in [0.5, 0.6) is 0 Å². The molecule has 2 aromatic carbocycles. The Morgan fingerprint density at radius 1 is 1.07 bits per heavy atom. The number of carboxylic acid groups (broad SMARTS) is 1. The van der Waals surface area contributed by atoms with Gasteiger partial charge in [-0.1, -0.05) is 41.8 Å². The zero-order valence-electron chi connectivity index (χ0n) is 16.0. The summed E-state index contributed by atoms with van der Waals surface area (Å²) < 4.78 is 15.0. The molecule has 7 heteroatoms. The van der Waals surface area contributed by atoms with Crippen LogP contribution in [0.25, 0.3) is 17.3 Å². The molecule has 3 aromatic rings. The molecule has 0 atom stereocenters. The summed E-state index contributed by atoms with van der Waals surface area (Å²) >= 11 is 12.5. The van der Waals surface area contributed by atoms with Crippen molar-refractivity contribution < 1.29 is 14.3 Å². The standard InChI is InChI=1S/C23H19Cl2FN2O2/c24-16-8-11-20(19(25)13-16)28-22-15(12-14-6-9-17(26)10-7-14)4-2-1-3-5-18(22)21(27-28)23(29)30/h6-13H,1-5H2,(H,29,30)/b15-12+. The lowest BCUT2D eigenvalue weighted by atomic mass is 9.91. The van der Waals surface area contributed by atoms with Crippen molar-refractivity contribution in [3.63, 3.8) is 0 Å². The van der Waals surface area contributed by atoms with Crippen molar-refractivity contribution in [1.29, 1.82) is 0 Å². The summed E-state index contributed by atoms with van der Waals surface area (Å²) in [6.07, 6.45) is 6.18. The van der Waals surface area contributed by atoms with Crippen molar-refractivity contribution in [2.24, 2.45) is 0 Å². The van der Waals surface area contributed by atoms with Gasteiger partial charge in [0.25, 0.3) is 0 Å². The number of allylic oxidation sites excluding steroid dienone is 1. The zero-order valence-corrected chi connectivity index (χ0v) is 17.5. The molecule has 154 valence electrons. The smallest absolute Gasteiger partial charge is 0.356 e. The predicted octanol–water partition coefficient (Wildman–Crippen LogP) is 6.67. The van der Waals surface area contributed by atoms with E-state index >= 15 is 0 Å². The maximum absolute atomic E-state index is 13.4. The van der Waals surface area contributed by atoms with Gasteiger partial charge in [0.2, 0.25) is 0 Å². The van der Waals surface area contributed by atoms with Gasteiger partial charge in [-0.05, 0) is 73.2 Å². The van der Waals surface area contributed by atoms with Crippen LogP contribution in [0.1, 0.15) is 53.0 Å². The van der Waals surface area contributed by atoms with Crippen molar-refractivity contribution in [1.82, 2.24) is 9.78 Å². The van der Waals surface area contributed by atoms with Gasteiger partial charge in [-0.2, -0.15) is 5.10 Å². The van der Waals surface area contributed by atoms with E-state index in [4.69, 9.17) is 23.2 Å². The highest BCUT2D eigenvalue weighted by atomic mass is 35.5. The Morgan fingerprint density at radius 2 is 1.80 bits per heavy atom. The van der Waals surface area contributed by atoms with Crippen LogP contribution in [0.4, 0.5) is 4.39 Å². The number of aromatic nitrogens is 2. The molecule has 0 spiro atoms. The molecule has 0 saturated carbocycles. The van der Waals surface area contributed by atoms with E-state index in [9.17, 15) is 14.3 Å². The second-order valence-corrected chi connectivity index (χ2v) is 8.11. The van der Waals surface area contributed by atoms with E-state index in [1.54, 1.807) is 35.0 Å². The summed E-state index contributed by atoms with van der Waals surface area (Å²) in [5.41, 5.74) is 3.81. The van der Waals surface area contributed by atoms with Gasteiger partial charge in [-0.3, -0.25) is 0 Å². The Hall–Kier alpha value is -2.63. The van der Waals surface area contributed by atoms with E-state index < -0.39 is 5.97 Å². The summed E-state index contributed by atoms with van der Waals surface area (Å²) in [5, 5.41) is 15.1. The van der Waals surface area contributed by atoms with Crippen LogP contribution in [0.2, 0.25) is 10.0 Å². The summed E-state index contributed by atoms with van der Waals surface area (Å²) in [6.45, 7) is 0. The quantitative estimate of drug-likeness (QED) is 0.490. The molecule has 1 aromatic heterocycles. The first-order valence-corrected chi connectivity index (χ1v) is 10.5. The number of hydrogen-bond acceptors (Lipinski definition) is 2. The first-order chi connectivity index (χ1) is 14.4. The van der Waals surface area contributed by atoms with Crippen molar-refractivity contribution in [2.45, 2.75) is 32.1 Å². The molecule has 4 nitrogen and oxygen atoms in total. The molecule has 30 heavy (non-hydrogen) atoms. The summed E-state index contributed by atoms with van der Waals surface area (Å²) in [4.78, 5) is 12.0. The molecule has 1 N–H and O–H groups in total. The van der Waals surface area contributed by atoms with Crippen LogP contribution in [0, 0.1) is 5.82 Å². The van der Waals surface area contributed by atoms with Gasteiger partial charge in [0.1, 0.15) is 5.82 Å². The largest absolute Gasteiger partial charge is 0.476 e. The van der Waals surface area contributed by atoms with Gasteiger partial charge in [-0.25, -0.2) is 13.9 Å². The Morgan fingerprint density at radius 3 is 2.50 bits per heavy atom. The predicted molar refractivity (Wildman–Crippen MR) is 117 cm³/mol. The number of rotatable bonds is 3. The average Bonchev–Trinajstić information content (AvgIpc) is 3.05. The fourth-order valence-corrected chi connectivity index (χ4v) is 4.32. The molecule has 1 aliphatic carbocycles. The third-order valence-electron chi connectivity index (χ3n) is 5.21. The molecule has 0 unspecified atom stereocenters. The lowest BCUT2D eigenvalue weighted by Crippen LogP contribution is -2.06. The van der Waals surface area contributed by atoms with E-state index in [-0.39, 0.29) is 11.5 Å². The lowest BCUT2D eigenvalue weighted by molar-refractivity contribution is 0.0688. The molecule has 0 aliphatic heterocycles. The topological polar surface area (TPSA) is 55.1 Å². The van der Waals surface area contributed by atoms with Crippen LogP contribution in [0.3, 0.4) is 0 Å². The Labute approximate surface area is 183 Å². The minimum atomic E-state index is -1.07.